The SMILES string of the molecule is Cc1cc(C(=O)N2CCN(C)C3(CCOCC3)C2)c2c(C)noc2n1. The van der Waals surface area contributed by atoms with Gasteiger partial charge in [-0.2, -0.15) is 0 Å². The summed E-state index contributed by atoms with van der Waals surface area (Å²) >= 11 is 0. The molecule has 2 aliphatic heterocycles. The Balaban J connectivity index is 1.68. The fourth-order valence-electron chi connectivity index (χ4n) is 4.08. The molecule has 0 N–H and O–H groups in total. The van der Waals surface area contributed by atoms with Crippen molar-refractivity contribution in [2.24, 2.45) is 0 Å². The lowest BCUT2D eigenvalue weighted by Gasteiger charge is -2.51. The second-order valence-corrected chi connectivity index (χ2v) is 7.24. The third-order valence-electron chi connectivity index (χ3n) is 5.69. The van der Waals surface area contributed by atoms with Crippen LogP contribution in [0.25, 0.3) is 11.1 Å². The Bertz CT molecular complexity index is 810. The molecule has 0 aliphatic carbocycles. The minimum absolute atomic E-state index is 0.0248. The average molecular weight is 344 g/mol. The zero-order valence-corrected chi connectivity index (χ0v) is 15.0. The Labute approximate surface area is 146 Å². The van der Waals surface area contributed by atoms with Crippen LogP contribution in [0, 0.1) is 13.8 Å². The highest BCUT2D eigenvalue weighted by atomic mass is 16.5. The van der Waals surface area contributed by atoms with Gasteiger partial charge in [0.2, 0.25) is 0 Å². The minimum atomic E-state index is 0.0248. The lowest BCUT2D eigenvalue weighted by atomic mass is 9.85. The molecular formula is C18H24N4O3. The van der Waals surface area contributed by atoms with E-state index in [2.05, 4.69) is 22.1 Å². The number of aryl methyl sites for hydroxylation is 2. The van der Waals surface area contributed by atoms with Gasteiger partial charge in [0, 0.05) is 44.1 Å². The molecule has 0 aromatic carbocycles. The van der Waals surface area contributed by atoms with Crippen molar-refractivity contribution in [1.82, 2.24) is 19.9 Å². The Hall–Kier alpha value is -1.99. The number of carbonyl (C=O) groups excluding carboxylic acids is 1. The van der Waals surface area contributed by atoms with E-state index in [0.717, 1.165) is 56.8 Å². The first-order valence-corrected chi connectivity index (χ1v) is 8.82. The molecule has 0 unspecified atom stereocenters. The van der Waals surface area contributed by atoms with E-state index < -0.39 is 0 Å². The van der Waals surface area contributed by atoms with Gasteiger partial charge in [-0.1, -0.05) is 5.16 Å². The van der Waals surface area contributed by atoms with Gasteiger partial charge in [0.1, 0.15) is 0 Å². The molecule has 2 saturated heterocycles. The highest BCUT2D eigenvalue weighted by molar-refractivity contribution is 6.06. The summed E-state index contributed by atoms with van der Waals surface area (Å²) in [5, 5.41) is 4.72. The summed E-state index contributed by atoms with van der Waals surface area (Å²) in [4.78, 5) is 22.1. The van der Waals surface area contributed by atoms with Crippen LogP contribution in [0.2, 0.25) is 0 Å². The summed E-state index contributed by atoms with van der Waals surface area (Å²) in [5.74, 6) is 0.0424. The molecule has 7 nitrogen and oxygen atoms in total. The third kappa shape index (κ3) is 2.71. The van der Waals surface area contributed by atoms with Crippen molar-refractivity contribution in [3.05, 3.63) is 23.0 Å². The number of piperazine rings is 1. The standard InChI is InChI=1S/C18H24N4O3/c1-12-10-14(15-13(2)20-25-16(15)19-12)17(23)22-7-6-21(3)18(11-22)4-8-24-9-5-18/h10H,4-9,11H2,1-3H3. The van der Waals surface area contributed by atoms with Crippen molar-refractivity contribution in [1.29, 1.82) is 0 Å². The van der Waals surface area contributed by atoms with Gasteiger partial charge < -0.3 is 14.2 Å². The van der Waals surface area contributed by atoms with Gasteiger partial charge in [0.25, 0.3) is 11.6 Å². The Morgan fingerprint density at radius 2 is 2.00 bits per heavy atom. The second kappa shape index (κ2) is 6.07. The van der Waals surface area contributed by atoms with Crippen molar-refractivity contribution in [3.63, 3.8) is 0 Å². The highest BCUT2D eigenvalue weighted by Gasteiger charge is 2.42. The number of hydrogen-bond donors (Lipinski definition) is 0. The minimum Gasteiger partial charge on any atom is -0.381 e. The molecule has 2 aliphatic rings. The molecular weight excluding hydrogens is 320 g/mol. The molecule has 0 bridgehead atoms. The summed E-state index contributed by atoms with van der Waals surface area (Å²) in [6.07, 6.45) is 1.93. The van der Waals surface area contributed by atoms with Crippen LogP contribution in [-0.4, -0.2) is 71.3 Å². The summed E-state index contributed by atoms with van der Waals surface area (Å²) in [5.41, 5.74) is 2.59. The Kier molecular flexibility index (Phi) is 4.00. The first-order chi connectivity index (χ1) is 12.0. The molecule has 25 heavy (non-hydrogen) atoms. The zero-order chi connectivity index (χ0) is 17.6. The van der Waals surface area contributed by atoms with E-state index in [9.17, 15) is 4.79 Å². The van der Waals surface area contributed by atoms with Crippen LogP contribution < -0.4 is 0 Å². The topological polar surface area (TPSA) is 71.7 Å². The molecule has 134 valence electrons. The molecule has 1 amide bonds. The smallest absolute Gasteiger partial charge is 0.258 e. The number of carbonyl (C=O) groups is 1. The van der Waals surface area contributed by atoms with Gasteiger partial charge in [0.05, 0.1) is 16.6 Å². The molecule has 2 aromatic rings. The van der Waals surface area contributed by atoms with Gasteiger partial charge in [-0.25, -0.2) is 4.98 Å². The van der Waals surface area contributed by atoms with Crippen LogP contribution in [0.15, 0.2) is 10.6 Å². The summed E-state index contributed by atoms with van der Waals surface area (Å²) < 4.78 is 10.8. The highest BCUT2D eigenvalue weighted by Crippen LogP contribution is 2.32. The van der Waals surface area contributed by atoms with E-state index in [1.807, 2.05) is 24.8 Å². The van der Waals surface area contributed by atoms with Crippen molar-refractivity contribution >= 4 is 17.0 Å². The number of aromatic nitrogens is 2. The molecule has 0 radical (unpaired) electrons. The van der Waals surface area contributed by atoms with Crippen molar-refractivity contribution in [2.75, 3.05) is 39.9 Å². The lowest BCUT2D eigenvalue weighted by molar-refractivity contribution is -0.0543. The fraction of sp³-hybridized carbons (Fsp3) is 0.611. The van der Waals surface area contributed by atoms with Crippen LogP contribution in [-0.2, 0) is 4.74 Å². The summed E-state index contributed by atoms with van der Waals surface area (Å²) in [6, 6.07) is 1.85. The molecule has 7 heteroatoms. The van der Waals surface area contributed by atoms with Gasteiger partial charge in [-0.3, -0.25) is 9.69 Å². The number of ether oxygens (including phenoxy) is 1. The zero-order valence-electron chi connectivity index (χ0n) is 15.0. The molecule has 2 fully saturated rings. The molecule has 1 spiro atoms. The molecule has 4 heterocycles. The second-order valence-electron chi connectivity index (χ2n) is 7.24. The van der Waals surface area contributed by atoms with Gasteiger partial charge in [-0.15, -0.1) is 0 Å². The van der Waals surface area contributed by atoms with E-state index in [1.54, 1.807) is 0 Å². The number of likely N-dealkylation sites (N-methyl/N-ethyl adjacent to an activating group) is 1. The first-order valence-electron chi connectivity index (χ1n) is 8.82. The van der Waals surface area contributed by atoms with E-state index in [-0.39, 0.29) is 11.4 Å². The third-order valence-corrected chi connectivity index (χ3v) is 5.69. The predicted molar refractivity (Wildman–Crippen MR) is 92.6 cm³/mol. The maximum Gasteiger partial charge on any atom is 0.258 e. The van der Waals surface area contributed by atoms with Gasteiger partial charge in [0.15, 0.2) is 0 Å². The van der Waals surface area contributed by atoms with Crippen molar-refractivity contribution < 1.29 is 14.1 Å². The summed E-state index contributed by atoms with van der Waals surface area (Å²) in [6.45, 7) is 7.58. The normalized spacial score (nSPS) is 21.2. The van der Waals surface area contributed by atoms with E-state index in [4.69, 9.17) is 9.26 Å². The maximum absolute atomic E-state index is 13.3. The van der Waals surface area contributed by atoms with E-state index >= 15 is 0 Å². The number of nitrogens with zero attached hydrogens (tertiary/aromatic N) is 4. The van der Waals surface area contributed by atoms with Crippen molar-refractivity contribution in [2.45, 2.75) is 32.2 Å². The van der Waals surface area contributed by atoms with Crippen LogP contribution in [0.1, 0.15) is 34.6 Å². The van der Waals surface area contributed by atoms with Crippen LogP contribution in [0.3, 0.4) is 0 Å². The van der Waals surface area contributed by atoms with Crippen LogP contribution in [0.5, 0.6) is 0 Å². The lowest BCUT2D eigenvalue weighted by Crippen LogP contribution is -2.63. The molecule has 0 atom stereocenters. The Morgan fingerprint density at radius 1 is 1.24 bits per heavy atom. The number of pyridine rings is 1. The number of amides is 1. The molecule has 2 aromatic heterocycles. The molecule has 4 rings (SSSR count). The van der Waals surface area contributed by atoms with E-state index in [0.29, 0.717) is 17.0 Å². The monoisotopic (exact) mass is 344 g/mol. The first kappa shape index (κ1) is 16.5. The van der Waals surface area contributed by atoms with Gasteiger partial charge in [-0.05, 0) is 39.8 Å². The summed E-state index contributed by atoms with van der Waals surface area (Å²) in [7, 11) is 2.16. The van der Waals surface area contributed by atoms with E-state index in [1.165, 1.54) is 0 Å². The van der Waals surface area contributed by atoms with Crippen molar-refractivity contribution in [3.8, 4) is 0 Å². The fourth-order valence-corrected chi connectivity index (χ4v) is 4.08. The number of fused-ring (bicyclic) bond motifs is 1. The average Bonchev–Trinajstić information content (AvgIpc) is 2.98. The van der Waals surface area contributed by atoms with Gasteiger partial charge >= 0.3 is 0 Å². The number of hydrogen-bond acceptors (Lipinski definition) is 6. The quantitative estimate of drug-likeness (QED) is 0.785. The largest absolute Gasteiger partial charge is 0.381 e. The molecule has 0 saturated carbocycles. The Morgan fingerprint density at radius 3 is 2.76 bits per heavy atom. The predicted octanol–water partition coefficient (Wildman–Crippen LogP) is 1.78. The van der Waals surface area contributed by atoms with Crippen LogP contribution in [0.4, 0.5) is 0 Å². The maximum atomic E-state index is 13.3. The van der Waals surface area contributed by atoms with Crippen LogP contribution >= 0.6 is 0 Å². The number of rotatable bonds is 1.